The van der Waals surface area contributed by atoms with Gasteiger partial charge in [0.1, 0.15) is 5.60 Å². The van der Waals surface area contributed by atoms with Crippen molar-refractivity contribution >= 4 is 17.4 Å². The lowest BCUT2D eigenvalue weighted by Gasteiger charge is -2.38. The van der Waals surface area contributed by atoms with Crippen molar-refractivity contribution in [2.75, 3.05) is 33.2 Å². The highest BCUT2D eigenvalue weighted by molar-refractivity contribution is 7.09. The minimum Gasteiger partial charge on any atom is -0.440 e. The van der Waals surface area contributed by atoms with E-state index in [-0.39, 0.29) is 11.7 Å². The number of carbonyl (C=O) groups excluding carboxylic acids is 1. The van der Waals surface area contributed by atoms with E-state index in [9.17, 15) is 4.79 Å². The monoisotopic (exact) mass is 295 g/mol. The number of hydrogen-bond acceptors (Lipinski definition) is 5. The predicted octanol–water partition coefficient (Wildman–Crippen LogP) is 1.91. The molecule has 0 radical (unpaired) electrons. The third kappa shape index (κ3) is 2.81. The number of amides is 1. The second kappa shape index (κ2) is 5.33. The fraction of sp³-hybridized carbons (Fsp3) is 0.714. The Kier molecular flexibility index (Phi) is 3.69. The van der Waals surface area contributed by atoms with Gasteiger partial charge in [0.25, 0.3) is 0 Å². The molecule has 1 unspecified atom stereocenters. The van der Waals surface area contributed by atoms with E-state index >= 15 is 0 Å². The van der Waals surface area contributed by atoms with Crippen LogP contribution in [0.5, 0.6) is 0 Å². The number of likely N-dealkylation sites (tertiary alicyclic amines) is 1. The Morgan fingerprint density at radius 2 is 2.35 bits per heavy atom. The first-order valence-electron chi connectivity index (χ1n) is 7.14. The summed E-state index contributed by atoms with van der Waals surface area (Å²) in [5.74, 6) is 0. The highest BCUT2D eigenvalue weighted by Crippen LogP contribution is 2.31. The number of aryl methyl sites for hydroxylation is 1. The molecule has 0 bridgehead atoms. The SMILES string of the molecule is Cc1nc(CCN2CCCC3(C2)CN(C)C(=O)O3)cs1. The first kappa shape index (κ1) is 13.8. The van der Waals surface area contributed by atoms with Crippen LogP contribution in [0.25, 0.3) is 0 Å². The molecule has 1 atom stereocenters. The van der Waals surface area contributed by atoms with Gasteiger partial charge in [-0.15, -0.1) is 11.3 Å². The van der Waals surface area contributed by atoms with E-state index in [1.807, 2.05) is 14.0 Å². The molecule has 1 amide bonds. The Balaban J connectivity index is 1.57. The summed E-state index contributed by atoms with van der Waals surface area (Å²) in [5, 5.41) is 3.26. The van der Waals surface area contributed by atoms with E-state index in [4.69, 9.17) is 4.74 Å². The number of piperidine rings is 1. The normalized spacial score (nSPS) is 27.3. The number of ether oxygens (including phenoxy) is 1. The maximum atomic E-state index is 11.6. The summed E-state index contributed by atoms with van der Waals surface area (Å²) in [4.78, 5) is 20.2. The maximum Gasteiger partial charge on any atom is 0.410 e. The molecule has 20 heavy (non-hydrogen) atoms. The maximum absolute atomic E-state index is 11.6. The van der Waals surface area contributed by atoms with Gasteiger partial charge in [0, 0.05) is 31.9 Å². The quantitative estimate of drug-likeness (QED) is 0.854. The van der Waals surface area contributed by atoms with Crippen molar-refractivity contribution in [1.82, 2.24) is 14.8 Å². The van der Waals surface area contributed by atoms with Gasteiger partial charge in [-0.1, -0.05) is 0 Å². The van der Waals surface area contributed by atoms with Gasteiger partial charge in [-0.25, -0.2) is 9.78 Å². The van der Waals surface area contributed by atoms with Gasteiger partial charge in [0.2, 0.25) is 0 Å². The van der Waals surface area contributed by atoms with Crippen molar-refractivity contribution in [3.05, 3.63) is 16.1 Å². The fourth-order valence-corrected chi connectivity index (χ4v) is 3.83. The van der Waals surface area contributed by atoms with E-state index in [1.54, 1.807) is 16.2 Å². The van der Waals surface area contributed by atoms with Gasteiger partial charge in [-0.3, -0.25) is 4.90 Å². The molecule has 1 aromatic rings. The van der Waals surface area contributed by atoms with Crippen LogP contribution >= 0.6 is 11.3 Å². The molecular formula is C14H21N3O2S. The van der Waals surface area contributed by atoms with Crippen molar-refractivity contribution in [3.63, 3.8) is 0 Å². The molecule has 5 nitrogen and oxygen atoms in total. The van der Waals surface area contributed by atoms with E-state index in [0.717, 1.165) is 50.4 Å². The van der Waals surface area contributed by atoms with Gasteiger partial charge < -0.3 is 9.64 Å². The summed E-state index contributed by atoms with van der Waals surface area (Å²) in [7, 11) is 1.81. The number of likely N-dealkylation sites (N-methyl/N-ethyl adjacent to an activating group) is 1. The zero-order valence-electron chi connectivity index (χ0n) is 12.1. The van der Waals surface area contributed by atoms with Crippen LogP contribution in [0.3, 0.4) is 0 Å². The van der Waals surface area contributed by atoms with Crippen molar-refractivity contribution in [2.45, 2.75) is 31.8 Å². The first-order chi connectivity index (χ1) is 9.56. The average molecular weight is 295 g/mol. The summed E-state index contributed by atoms with van der Waals surface area (Å²) in [5.41, 5.74) is 0.898. The van der Waals surface area contributed by atoms with Gasteiger partial charge in [-0.05, 0) is 26.3 Å². The largest absolute Gasteiger partial charge is 0.440 e. The number of rotatable bonds is 3. The van der Waals surface area contributed by atoms with Crippen LogP contribution in [0.15, 0.2) is 5.38 Å². The number of nitrogens with zero attached hydrogens (tertiary/aromatic N) is 3. The summed E-state index contributed by atoms with van der Waals surface area (Å²) in [6.45, 7) is 5.69. The standard InChI is InChI=1S/C14H21N3O2S/c1-11-15-12(8-20-11)4-7-17-6-3-5-14(10-17)9-16(2)13(18)19-14/h8H,3-7,9-10H2,1-2H3. The second-order valence-corrected chi connectivity index (χ2v) is 6.96. The molecule has 6 heteroatoms. The lowest BCUT2D eigenvalue weighted by atomic mass is 9.92. The molecule has 0 saturated carbocycles. The number of thiazole rings is 1. The Morgan fingerprint density at radius 1 is 1.50 bits per heavy atom. The molecule has 2 fully saturated rings. The van der Waals surface area contributed by atoms with Gasteiger partial charge in [-0.2, -0.15) is 0 Å². The Hall–Kier alpha value is -1.14. The molecule has 0 N–H and O–H groups in total. The van der Waals surface area contributed by atoms with Crippen molar-refractivity contribution in [2.24, 2.45) is 0 Å². The minimum absolute atomic E-state index is 0.179. The van der Waals surface area contributed by atoms with E-state index in [0.29, 0.717) is 0 Å². The molecule has 110 valence electrons. The molecule has 0 aliphatic carbocycles. The fourth-order valence-electron chi connectivity index (χ4n) is 3.18. The Bertz CT molecular complexity index is 504. The van der Waals surface area contributed by atoms with Crippen LogP contribution in [-0.2, 0) is 11.2 Å². The highest BCUT2D eigenvalue weighted by atomic mass is 32.1. The molecule has 1 spiro atoms. The molecule has 0 aromatic carbocycles. The van der Waals surface area contributed by atoms with Crippen LogP contribution < -0.4 is 0 Å². The van der Waals surface area contributed by atoms with Crippen LogP contribution in [-0.4, -0.2) is 59.7 Å². The Morgan fingerprint density at radius 3 is 3.00 bits per heavy atom. The van der Waals surface area contributed by atoms with Crippen molar-refractivity contribution in [1.29, 1.82) is 0 Å². The molecule has 2 saturated heterocycles. The molecular weight excluding hydrogens is 274 g/mol. The molecule has 3 heterocycles. The molecule has 2 aliphatic heterocycles. The number of hydrogen-bond donors (Lipinski definition) is 0. The van der Waals surface area contributed by atoms with E-state index in [2.05, 4.69) is 15.3 Å². The zero-order chi connectivity index (χ0) is 14.2. The first-order valence-corrected chi connectivity index (χ1v) is 8.02. The smallest absolute Gasteiger partial charge is 0.410 e. The van der Waals surface area contributed by atoms with Crippen molar-refractivity contribution < 1.29 is 9.53 Å². The van der Waals surface area contributed by atoms with Crippen LogP contribution in [0.1, 0.15) is 23.5 Å². The van der Waals surface area contributed by atoms with Crippen molar-refractivity contribution in [3.8, 4) is 0 Å². The topological polar surface area (TPSA) is 45.7 Å². The zero-order valence-corrected chi connectivity index (χ0v) is 12.9. The van der Waals surface area contributed by atoms with Gasteiger partial charge in [0.15, 0.2) is 0 Å². The second-order valence-electron chi connectivity index (χ2n) is 5.89. The average Bonchev–Trinajstić information content (AvgIpc) is 2.92. The Labute approximate surface area is 123 Å². The summed E-state index contributed by atoms with van der Waals surface area (Å²) < 4.78 is 5.62. The van der Waals surface area contributed by atoms with Gasteiger partial charge in [0.05, 0.1) is 17.2 Å². The van der Waals surface area contributed by atoms with Gasteiger partial charge >= 0.3 is 6.09 Å². The molecule has 3 rings (SSSR count). The third-order valence-electron chi connectivity index (χ3n) is 4.11. The lowest BCUT2D eigenvalue weighted by molar-refractivity contribution is -0.00839. The van der Waals surface area contributed by atoms with E-state index < -0.39 is 0 Å². The summed E-state index contributed by atoms with van der Waals surface area (Å²) in [6.07, 6.45) is 2.87. The summed E-state index contributed by atoms with van der Waals surface area (Å²) in [6, 6.07) is 0. The third-order valence-corrected chi connectivity index (χ3v) is 4.93. The summed E-state index contributed by atoms with van der Waals surface area (Å²) >= 11 is 1.70. The predicted molar refractivity (Wildman–Crippen MR) is 78.1 cm³/mol. The molecule has 2 aliphatic rings. The van der Waals surface area contributed by atoms with E-state index in [1.165, 1.54) is 5.69 Å². The van der Waals surface area contributed by atoms with Crippen LogP contribution in [0, 0.1) is 6.92 Å². The highest BCUT2D eigenvalue weighted by Gasteiger charge is 2.46. The molecule has 1 aromatic heterocycles. The minimum atomic E-state index is -0.276. The number of carbonyl (C=O) groups is 1. The number of aromatic nitrogens is 1. The van der Waals surface area contributed by atoms with Crippen LogP contribution in [0.2, 0.25) is 0 Å². The van der Waals surface area contributed by atoms with Crippen LogP contribution in [0.4, 0.5) is 4.79 Å². The lowest BCUT2D eigenvalue weighted by Crippen LogP contribution is -2.50.